The van der Waals surface area contributed by atoms with Crippen molar-refractivity contribution in [2.24, 2.45) is 5.41 Å². The molecule has 0 aromatic carbocycles. The minimum absolute atomic E-state index is 0.616. The minimum atomic E-state index is 0.616. The maximum atomic E-state index is 3.53. The van der Waals surface area contributed by atoms with Crippen LogP contribution < -0.4 is 5.32 Å². The summed E-state index contributed by atoms with van der Waals surface area (Å²) in [5.41, 5.74) is 0.616. The molecule has 1 heteroatoms. The molecule has 0 aromatic heterocycles. The first kappa shape index (κ1) is 12.0. The Kier molecular flexibility index (Phi) is 5.54. The van der Waals surface area contributed by atoms with E-state index in [0.29, 0.717) is 5.41 Å². The number of hydrogen-bond donors (Lipinski definition) is 1. The van der Waals surface area contributed by atoms with Crippen molar-refractivity contribution in [1.82, 2.24) is 5.32 Å². The lowest BCUT2D eigenvalue weighted by molar-refractivity contribution is 0.211. The van der Waals surface area contributed by atoms with Crippen molar-refractivity contribution in [3.8, 4) is 0 Å². The summed E-state index contributed by atoms with van der Waals surface area (Å²) in [7, 11) is 0. The first-order valence-electron chi connectivity index (χ1n) is 6.47. The van der Waals surface area contributed by atoms with Gasteiger partial charge in [0.25, 0.3) is 0 Å². The molecule has 0 bridgehead atoms. The number of piperidine rings is 1. The van der Waals surface area contributed by atoms with E-state index in [9.17, 15) is 0 Å². The average molecular weight is 197 g/mol. The van der Waals surface area contributed by atoms with Crippen molar-refractivity contribution < 1.29 is 0 Å². The lowest BCUT2D eigenvalue weighted by atomic mass is 9.78. The van der Waals surface area contributed by atoms with E-state index in [-0.39, 0.29) is 0 Å². The van der Waals surface area contributed by atoms with Gasteiger partial charge in [-0.05, 0) is 31.2 Å². The van der Waals surface area contributed by atoms with Crippen LogP contribution in [-0.2, 0) is 0 Å². The lowest BCUT2D eigenvalue weighted by Crippen LogP contribution is -2.37. The second kappa shape index (κ2) is 6.44. The third-order valence-electron chi connectivity index (χ3n) is 3.57. The number of rotatable bonds is 6. The van der Waals surface area contributed by atoms with Crippen LogP contribution >= 0.6 is 0 Å². The highest BCUT2D eigenvalue weighted by molar-refractivity contribution is 4.80. The third-order valence-corrected chi connectivity index (χ3v) is 3.57. The van der Waals surface area contributed by atoms with Gasteiger partial charge in [-0.1, -0.05) is 46.0 Å². The van der Waals surface area contributed by atoms with Crippen molar-refractivity contribution in [3.05, 3.63) is 0 Å². The van der Waals surface area contributed by atoms with E-state index < -0.39 is 0 Å². The molecule has 0 radical (unpaired) electrons. The summed E-state index contributed by atoms with van der Waals surface area (Å²) in [6.07, 6.45) is 11.4. The molecule has 1 aliphatic heterocycles. The molecule has 1 aliphatic rings. The van der Waals surface area contributed by atoms with Crippen LogP contribution in [-0.4, -0.2) is 13.1 Å². The molecule has 1 saturated heterocycles. The molecule has 1 N–H and O–H groups in total. The predicted molar refractivity (Wildman–Crippen MR) is 63.6 cm³/mol. The fourth-order valence-corrected chi connectivity index (χ4v) is 2.49. The van der Waals surface area contributed by atoms with E-state index in [1.165, 1.54) is 64.5 Å². The molecule has 0 aliphatic carbocycles. The molecular weight excluding hydrogens is 170 g/mol. The van der Waals surface area contributed by atoms with Crippen molar-refractivity contribution in [2.45, 2.75) is 65.2 Å². The Morgan fingerprint density at radius 1 is 1.14 bits per heavy atom. The molecule has 1 heterocycles. The van der Waals surface area contributed by atoms with E-state index in [0.717, 1.165) is 0 Å². The molecule has 0 aromatic rings. The maximum absolute atomic E-state index is 3.53. The quantitative estimate of drug-likeness (QED) is 0.640. The van der Waals surface area contributed by atoms with Crippen LogP contribution in [0.3, 0.4) is 0 Å². The van der Waals surface area contributed by atoms with Crippen LogP contribution in [0.25, 0.3) is 0 Å². The Balaban J connectivity index is 2.03. The SMILES string of the molecule is CCCCCCCC1(C)CCCNC1. The first-order chi connectivity index (χ1) is 6.77. The van der Waals surface area contributed by atoms with Gasteiger partial charge in [0.05, 0.1) is 0 Å². The van der Waals surface area contributed by atoms with Crippen LogP contribution in [0.5, 0.6) is 0 Å². The summed E-state index contributed by atoms with van der Waals surface area (Å²) in [6, 6.07) is 0. The number of unbranched alkanes of at least 4 members (excludes halogenated alkanes) is 4. The lowest BCUT2D eigenvalue weighted by Gasteiger charge is -2.34. The fourth-order valence-electron chi connectivity index (χ4n) is 2.49. The van der Waals surface area contributed by atoms with E-state index in [4.69, 9.17) is 0 Å². The molecule has 0 spiro atoms. The third kappa shape index (κ3) is 4.45. The predicted octanol–water partition coefficient (Wildman–Crippen LogP) is 3.74. The summed E-state index contributed by atoms with van der Waals surface area (Å²) in [4.78, 5) is 0. The molecule has 0 saturated carbocycles. The number of nitrogens with one attached hydrogen (secondary N) is 1. The monoisotopic (exact) mass is 197 g/mol. The Bertz CT molecular complexity index is 136. The maximum Gasteiger partial charge on any atom is 0.000517 e. The summed E-state index contributed by atoms with van der Waals surface area (Å²) in [5.74, 6) is 0. The van der Waals surface area contributed by atoms with Crippen molar-refractivity contribution in [1.29, 1.82) is 0 Å². The van der Waals surface area contributed by atoms with E-state index >= 15 is 0 Å². The molecule has 1 fully saturated rings. The van der Waals surface area contributed by atoms with Gasteiger partial charge in [-0.3, -0.25) is 0 Å². The Labute approximate surface area is 89.7 Å². The standard InChI is InChI=1S/C13H27N/c1-3-4-5-6-7-9-13(2)10-8-11-14-12-13/h14H,3-12H2,1-2H3. The average Bonchev–Trinajstić information content (AvgIpc) is 2.18. The van der Waals surface area contributed by atoms with Crippen LogP contribution in [0.2, 0.25) is 0 Å². The molecule has 14 heavy (non-hydrogen) atoms. The van der Waals surface area contributed by atoms with Crippen molar-refractivity contribution in [3.63, 3.8) is 0 Å². The molecular formula is C13H27N. The summed E-state index contributed by atoms with van der Waals surface area (Å²) >= 11 is 0. The van der Waals surface area contributed by atoms with Gasteiger partial charge in [0, 0.05) is 6.54 Å². The molecule has 1 unspecified atom stereocenters. The molecule has 1 nitrogen and oxygen atoms in total. The molecule has 84 valence electrons. The van der Waals surface area contributed by atoms with E-state index in [1.807, 2.05) is 0 Å². The minimum Gasteiger partial charge on any atom is -0.316 e. The normalized spacial score (nSPS) is 27.9. The van der Waals surface area contributed by atoms with Gasteiger partial charge >= 0.3 is 0 Å². The Morgan fingerprint density at radius 3 is 2.57 bits per heavy atom. The molecule has 1 atom stereocenters. The van der Waals surface area contributed by atoms with Gasteiger partial charge in [-0.15, -0.1) is 0 Å². The zero-order chi connectivity index (χ0) is 10.3. The topological polar surface area (TPSA) is 12.0 Å². The van der Waals surface area contributed by atoms with Gasteiger partial charge < -0.3 is 5.32 Å². The van der Waals surface area contributed by atoms with Gasteiger partial charge in [0.1, 0.15) is 0 Å². The Hall–Kier alpha value is -0.0400. The largest absolute Gasteiger partial charge is 0.316 e. The first-order valence-corrected chi connectivity index (χ1v) is 6.47. The summed E-state index contributed by atoms with van der Waals surface area (Å²) in [6.45, 7) is 7.23. The van der Waals surface area contributed by atoms with E-state index in [2.05, 4.69) is 19.2 Å². The molecule has 1 rings (SSSR count). The Morgan fingerprint density at radius 2 is 1.93 bits per heavy atom. The van der Waals surface area contributed by atoms with Gasteiger partial charge in [-0.2, -0.15) is 0 Å². The van der Waals surface area contributed by atoms with Crippen molar-refractivity contribution >= 4 is 0 Å². The van der Waals surface area contributed by atoms with Crippen LogP contribution in [0, 0.1) is 5.41 Å². The summed E-state index contributed by atoms with van der Waals surface area (Å²) < 4.78 is 0. The highest BCUT2D eigenvalue weighted by Crippen LogP contribution is 2.31. The second-order valence-electron chi connectivity index (χ2n) is 5.26. The number of hydrogen-bond acceptors (Lipinski definition) is 1. The fraction of sp³-hybridized carbons (Fsp3) is 1.00. The van der Waals surface area contributed by atoms with Gasteiger partial charge in [0.15, 0.2) is 0 Å². The van der Waals surface area contributed by atoms with Crippen LogP contribution in [0.1, 0.15) is 65.2 Å². The van der Waals surface area contributed by atoms with Crippen LogP contribution in [0.4, 0.5) is 0 Å². The van der Waals surface area contributed by atoms with E-state index in [1.54, 1.807) is 0 Å². The van der Waals surface area contributed by atoms with Gasteiger partial charge in [0.2, 0.25) is 0 Å². The zero-order valence-electron chi connectivity index (χ0n) is 10.1. The van der Waals surface area contributed by atoms with Gasteiger partial charge in [-0.25, -0.2) is 0 Å². The van der Waals surface area contributed by atoms with Crippen molar-refractivity contribution in [2.75, 3.05) is 13.1 Å². The second-order valence-corrected chi connectivity index (χ2v) is 5.26. The highest BCUT2D eigenvalue weighted by atomic mass is 14.9. The molecule has 0 amide bonds. The highest BCUT2D eigenvalue weighted by Gasteiger charge is 2.25. The summed E-state index contributed by atoms with van der Waals surface area (Å²) in [5, 5.41) is 3.53. The van der Waals surface area contributed by atoms with Crippen LogP contribution in [0.15, 0.2) is 0 Å². The zero-order valence-corrected chi connectivity index (χ0v) is 10.1. The smallest absolute Gasteiger partial charge is 0.000517 e.